The van der Waals surface area contributed by atoms with Crippen LogP contribution in [0, 0.1) is 0 Å². The molecule has 0 saturated carbocycles. The van der Waals surface area contributed by atoms with E-state index in [2.05, 4.69) is 9.88 Å². The molecule has 13 heavy (non-hydrogen) atoms. The number of primary sulfonamides is 1. The number of hydrogen-bond donors (Lipinski definition) is 2. The molecule has 1 atom stereocenters. The molecule has 80 valence electrons. The molecule has 0 heterocycles. The first-order chi connectivity index (χ1) is 5.37. The van der Waals surface area contributed by atoms with Gasteiger partial charge in [-0.05, 0) is 6.92 Å². The van der Waals surface area contributed by atoms with Crippen LogP contribution in [-0.4, -0.2) is 32.8 Å². The standard InChI is InChI=1S/C5H12N2O4S.ClH/c1-2-11-5(8)4(6)3-12(7,9)10;/h4H,2-3,6H2,1H3,(H2,7,9,10);1H. The van der Waals surface area contributed by atoms with Gasteiger partial charge in [0, 0.05) is 0 Å². The van der Waals surface area contributed by atoms with Gasteiger partial charge in [-0.15, -0.1) is 12.4 Å². The highest BCUT2D eigenvalue weighted by molar-refractivity contribution is 7.89. The van der Waals surface area contributed by atoms with E-state index in [4.69, 9.17) is 5.73 Å². The van der Waals surface area contributed by atoms with Gasteiger partial charge < -0.3 is 10.5 Å². The van der Waals surface area contributed by atoms with Crippen molar-refractivity contribution in [2.75, 3.05) is 12.4 Å². The number of halogens is 1. The van der Waals surface area contributed by atoms with Crippen LogP contribution >= 0.6 is 12.4 Å². The van der Waals surface area contributed by atoms with Gasteiger partial charge in [-0.1, -0.05) is 0 Å². The van der Waals surface area contributed by atoms with E-state index in [1.165, 1.54) is 0 Å². The van der Waals surface area contributed by atoms with Gasteiger partial charge in [0.15, 0.2) is 0 Å². The molecule has 0 radical (unpaired) electrons. The van der Waals surface area contributed by atoms with Crippen LogP contribution in [0.3, 0.4) is 0 Å². The summed E-state index contributed by atoms with van der Waals surface area (Å²) in [6.45, 7) is 1.76. The molecule has 8 heteroatoms. The minimum absolute atomic E-state index is 0. The van der Waals surface area contributed by atoms with Gasteiger partial charge in [-0.3, -0.25) is 4.79 Å². The third kappa shape index (κ3) is 7.97. The topological polar surface area (TPSA) is 112 Å². The van der Waals surface area contributed by atoms with Crippen molar-refractivity contribution >= 4 is 28.4 Å². The Morgan fingerprint density at radius 1 is 1.54 bits per heavy atom. The number of carbonyl (C=O) groups excluding carboxylic acids is 1. The molecule has 0 aromatic rings. The van der Waals surface area contributed by atoms with Gasteiger partial charge in [0.25, 0.3) is 0 Å². The molecule has 0 aromatic carbocycles. The highest BCUT2D eigenvalue weighted by Crippen LogP contribution is 1.89. The van der Waals surface area contributed by atoms with E-state index in [1.54, 1.807) is 6.92 Å². The second kappa shape index (κ2) is 6.14. The first kappa shape index (κ1) is 15.1. The van der Waals surface area contributed by atoms with Gasteiger partial charge in [0.05, 0.1) is 12.4 Å². The molecule has 1 unspecified atom stereocenters. The number of ether oxygens (including phenoxy) is 1. The van der Waals surface area contributed by atoms with Crippen LogP contribution in [0.5, 0.6) is 0 Å². The number of hydrogen-bond acceptors (Lipinski definition) is 5. The molecule has 0 amide bonds. The molecule has 0 aromatic heterocycles. The fourth-order valence-electron chi connectivity index (χ4n) is 0.568. The van der Waals surface area contributed by atoms with Crippen molar-refractivity contribution in [2.24, 2.45) is 10.9 Å². The molecule has 4 N–H and O–H groups in total. The molecule has 6 nitrogen and oxygen atoms in total. The summed E-state index contributed by atoms with van der Waals surface area (Å²) in [5.41, 5.74) is 5.16. The van der Waals surface area contributed by atoms with Gasteiger partial charge in [0.1, 0.15) is 6.04 Å². The highest BCUT2D eigenvalue weighted by Gasteiger charge is 2.19. The predicted molar refractivity (Wildman–Crippen MR) is 49.8 cm³/mol. The van der Waals surface area contributed by atoms with E-state index in [0.717, 1.165) is 0 Å². The first-order valence-corrected chi connectivity index (χ1v) is 5.01. The molecular weight excluding hydrogens is 220 g/mol. The smallest absolute Gasteiger partial charge is 0.324 e. The maximum absolute atomic E-state index is 10.8. The first-order valence-electron chi connectivity index (χ1n) is 3.29. The Labute approximate surface area is 83.1 Å². The molecule has 0 saturated heterocycles. The Hall–Kier alpha value is -0.370. The predicted octanol–water partition coefficient (Wildman–Crippen LogP) is -1.41. The molecule has 0 fully saturated rings. The lowest BCUT2D eigenvalue weighted by Crippen LogP contribution is -2.40. The van der Waals surface area contributed by atoms with Crippen LogP contribution in [0.25, 0.3) is 0 Å². The van der Waals surface area contributed by atoms with Crippen LogP contribution in [-0.2, 0) is 19.6 Å². The number of rotatable bonds is 4. The van der Waals surface area contributed by atoms with E-state index >= 15 is 0 Å². The number of nitrogens with two attached hydrogens (primary N) is 2. The Kier molecular flexibility index (Phi) is 7.14. The zero-order valence-corrected chi connectivity index (χ0v) is 8.73. The van der Waals surface area contributed by atoms with Crippen LogP contribution in [0.15, 0.2) is 0 Å². The van der Waals surface area contributed by atoms with Crippen molar-refractivity contribution in [2.45, 2.75) is 13.0 Å². The largest absolute Gasteiger partial charge is 0.465 e. The maximum Gasteiger partial charge on any atom is 0.324 e. The second-order valence-corrected chi connectivity index (χ2v) is 3.85. The molecule has 0 bridgehead atoms. The van der Waals surface area contributed by atoms with Crippen molar-refractivity contribution in [3.63, 3.8) is 0 Å². The summed E-state index contributed by atoms with van der Waals surface area (Å²) in [6, 6.07) is -1.19. The summed E-state index contributed by atoms with van der Waals surface area (Å²) >= 11 is 0. The normalized spacial score (nSPS) is 12.8. The highest BCUT2D eigenvalue weighted by atomic mass is 35.5. The van der Waals surface area contributed by atoms with Crippen molar-refractivity contribution < 1.29 is 17.9 Å². The fourth-order valence-corrected chi connectivity index (χ4v) is 1.20. The number of esters is 1. The SMILES string of the molecule is CCOC(=O)C(N)CS(N)(=O)=O.Cl. The summed E-state index contributed by atoms with van der Waals surface area (Å²) in [7, 11) is -3.71. The average Bonchev–Trinajstić information content (AvgIpc) is 1.84. The van der Waals surface area contributed by atoms with Crippen molar-refractivity contribution in [3.05, 3.63) is 0 Å². The van der Waals surface area contributed by atoms with E-state index in [0.29, 0.717) is 0 Å². The van der Waals surface area contributed by atoms with Crippen LogP contribution in [0.2, 0.25) is 0 Å². The summed E-state index contributed by atoms with van der Waals surface area (Å²) in [5, 5.41) is 4.65. The summed E-state index contributed by atoms with van der Waals surface area (Å²) in [5.74, 6) is -1.35. The summed E-state index contributed by atoms with van der Waals surface area (Å²) in [6.07, 6.45) is 0. The molecule has 0 aliphatic carbocycles. The van der Waals surface area contributed by atoms with E-state index < -0.39 is 27.8 Å². The lowest BCUT2D eigenvalue weighted by atomic mass is 10.4. The van der Waals surface area contributed by atoms with Gasteiger partial charge >= 0.3 is 5.97 Å². The van der Waals surface area contributed by atoms with Crippen LogP contribution in [0.1, 0.15) is 6.92 Å². The molecule has 0 aliphatic rings. The quantitative estimate of drug-likeness (QED) is 0.578. The van der Waals surface area contributed by atoms with Gasteiger partial charge in [-0.2, -0.15) is 0 Å². The van der Waals surface area contributed by atoms with Crippen molar-refractivity contribution in [1.82, 2.24) is 0 Å². The Morgan fingerprint density at radius 3 is 2.31 bits per heavy atom. The third-order valence-corrected chi connectivity index (χ3v) is 1.82. The molecule has 0 spiro atoms. The lowest BCUT2D eigenvalue weighted by Gasteiger charge is -2.07. The zero-order valence-electron chi connectivity index (χ0n) is 7.10. The molecular formula is C5H13ClN2O4S. The van der Waals surface area contributed by atoms with Gasteiger partial charge in [0.2, 0.25) is 10.0 Å². The van der Waals surface area contributed by atoms with Crippen molar-refractivity contribution in [3.8, 4) is 0 Å². The second-order valence-electron chi connectivity index (χ2n) is 2.19. The van der Waals surface area contributed by atoms with E-state index in [-0.39, 0.29) is 19.0 Å². The average molecular weight is 233 g/mol. The number of sulfonamides is 1. The monoisotopic (exact) mass is 232 g/mol. The van der Waals surface area contributed by atoms with E-state index in [1.807, 2.05) is 0 Å². The van der Waals surface area contributed by atoms with Crippen LogP contribution in [0.4, 0.5) is 0 Å². The minimum atomic E-state index is -3.71. The molecule has 0 aliphatic heterocycles. The molecule has 0 rings (SSSR count). The summed E-state index contributed by atoms with van der Waals surface area (Å²) in [4.78, 5) is 10.8. The van der Waals surface area contributed by atoms with E-state index in [9.17, 15) is 13.2 Å². The van der Waals surface area contributed by atoms with Crippen molar-refractivity contribution in [1.29, 1.82) is 0 Å². The maximum atomic E-state index is 10.8. The Balaban J connectivity index is 0. The van der Waals surface area contributed by atoms with Crippen LogP contribution < -0.4 is 10.9 Å². The zero-order chi connectivity index (χ0) is 9.78. The fraction of sp³-hybridized carbons (Fsp3) is 0.800. The minimum Gasteiger partial charge on any atom is -0.465 e. The lowest BCUT2D eigenvalue weighted by molar-refractivity contribution is -0.144. The van der Waals surface area contributed by atoms with Gasteiger partial charge in [-0.25, -0.2) is 13.6 Å². The third-order valence-electron chi connectivity index (χ3n) is 1.00. The number of carbonyl (C=O) groups is 1. The Morgan fingerprint density at radius 2 is 2.00 bits per heavy atom. The Bertz CT molecular complexity index is 253. The summed E-state index contributed by atoms with van der Waals surface area (Å²) < 4.78 is 25.3.